The molecule has 0 radical (unpaired) electrons. The summed E-state index contributed by atoms with van der Waals surface area (Å²) in [5.41, 5.74) is 1.83. The number of amides is 2. The summed E-state index contributed by atoms with van der Waals surface area (Å²) >= 11 is 0. The zero-order valence-corrected chi connectivity index (χ0v) is 22.2. The number of hydrogen-bond donors (Lipinski definition) is 3. The van der Waals surface area contributed by atoms with Crippen LogP contribution in [0.25, 0.3) is 0 Å². The standard InChI is InChI=1S/C31H32N2O6/c1-4-19-12-9-13-20(5-2)27(19)33-28(35)24-25(29(33)36)31(30(37)38,17-18-10-7-6-8-11-18)32-26(24)21-14-15-22(34)23(16-21)39-3/h6-16,24-26,32,34H,4-5,17H2,1-3H3,(H,37,38). The number of carboxylic acid groups (broad SMARTS) is 1. The third-order valence-corrected chi connectivity index (χ3v) is 8.11. The first-order chi connectivity index (χ1) is 18.8. The predicted molar refractivity (Wildman–Crippen MR) is 146 cm³/mol. The van der Waals surface area contributed by atoms with Crippen LogP contribution in [0.2, 0.25) is 0 Å². The van der Waals surface area contributed by atoms with Gasteiger partial charge in [0, 0.05) is 12.5 Å². The first-order valence-electron chi connectivity index (χ1n) is 13.2. The summed E-state index contributed by atoms with van der Waals surface area (Å²) in [6, 6.07) is 18.7. The van der Waals surface area contributed by atoms with E-state index >= 15 is 0 Å². The Morgan fingerprint density at radius 1 is 0.974 bits per heavy atom. The molecule has 2 aliphatic rings. The van der Waals surface area contributed by atoms with Gasteiger partial charge in [-0.2, -0.15) is 0 Å². The SMILES string of the molecule is CCc1cccc(CC)c1N1C(=O)C2C(c3ccc(O)c(OC)c3)NC(Cc3ccccc3)(C(=O)O)C2C1=O. The highest BCUT2D eigenvalue weighted by molar-refractivity contribution is 6.25. The number of methoxy groups -OCH3 is 1. The van der Waals surface area contributed by atoms with Gasteiger partial charge in [-0.1, -0.05) is 68.4 Å². The number of para-hydroxylation sites is 1. The molecule has 202 valence electrons. The number of aryl methyl sites for hydroxylation is 2. The third-order valence-electron chi connectivity index (χ3n) is 8.11. The van der Waals surface area contributed by atoms with Crippen LogP contribution in [0.4, 0.5) is 5.69 Å². The van der Waals surface area contributed by atoms with Gasteiger partial charge in [-0.05, 0) is 47.2 Å². The molecule has 2 aliphatic heterocycles. The number of fused-ring (bicyclic) bond motifs is 1. The Kier molecular flexibility index (Phi) is 6.91. The van der Waals surface area contributed by atoms with Gasteiger partial charge in [0.1, 0.15) is 5.54 Å². The lowest BCUT2D eigenvalue weighted by Gasteiger charge is -2.32. The van der Waals surface area contributed by atoms with E-state index in [2.05, 4.69) is 5.32 Å². The molecule has 8 heteroatoms. The number of phenolic OH excluding ortho intramolecular Hbond substituents is 1. The molecular weight excluding hydrogens is 496 g/mol. The summed E-state index contributed by atoms with van der Waals surface area (Å²) in [4.78, 5) is 43.0. The number of benzene rings is 3. The fourth-order valence-corrected chi connectivity index (χ4v) is 6.25. The van der Waals surface area contributed by atoms with Crippen molar-refractivity contribution in [2.24, 2.45) is 11.8 Å². The van der Waals surface area contributed by atoms with Crippen molar-refractivity contribution in [2.45, 2.75) is 44.7 Å². The number of nitrogens with zero attached hydrogens (tertiary/aromatic N) is 1. The van der Waals surface area contributed by atoms with Crippen LogP contribution < -0.4 is 15.0 Å². The maximum Gasteiger partial charge on any atom is 0.325 e. The number of carbonyl (C=O) groups excluding carboxylic acids is 2. The third kappa shape index (κ3) is 4.15. The van der Waals surface area contributed by atoms with E-state index < -0.39 is 41.2 Å². The number of nitrogens with one attached hydrogen (secondary N) is 1. The molecule has 0 bridgehead atoms. The maximum absolute atomic E-state index is 14.3. The van der Waals surface area contributed by atoms with Crippen molar-refractivity contribution >= 4 is 23.5 Å². The average Bonchev–Trinajstić information content (AvgIpc) is 3.42. The molecule has 0 saturated carbocycles. The van der Waals surface area contributed by atoms with Gasteiger partial charge in [-0.15, -0.1) is 0 Å². The highest BCUT2D eigenvalue weighted by Crippen LogP contribution is 2.52. The van der Waals surface area contributed by atoms with E-state index in [0.717, 1.165) is 16.7 Å². The van der Waals surface area contributed by atoms with Gasteiger partial charge in [-0.3, -0.25) is 19.7 Å². The van der Waals surface area contributed by atoms with E-state index in [1.54, 1.807) is 12.1 Å². The summed E-state index contributed by atoms with van der Waals surface area (Å²) < 4.78 is 5.29. The lowest BCUT2D eigenvalue weighted by molar-refractivity contribution is -0.148. The van der Waals surface area contributed by atoms with E-state index in [1.807, 2.05) is 62.4 Å². The molecular formula is C31H32N2O6. The van der Waals surface area contributed by atoms with Crippen LogP contribution in [0.5, 0.6) is 11.5 Å². The van der Waals surface area contributed by atoms with E-state index in [0.29, 0.717) is 24.1 Å². The smallest absolute Gasteiger partial charge is 0.325 e. The summed E-state index contributed by atoms with van der Waals surface area (Å²) in [6.45, 7) is 3.93. The van der Waals surface area contributed by atoms with Gasteiger partial charge >= 0.3 is 5.97 Å². The van der Waals surface area contributed by atoms with Gasteiger partial charge in [0.05, 0.1) is 24.6 Å². The minimum Gasteiger partial charge on any atom is -0.504 e. The Morgan fingerprint density at radius 2 is 1.64 bits per heavy atom. The summed E-state index contributed by atoms with van der Waals surface area (Å²) in [5.74, 6) is -4.15. The van der Waals surface area contributed by atoms with Crippen molar-refractivity contribution in [2.75, 3.05) is 12.0 Å². The highest BCUT2D eigenvalue weighted by Gasteiger charge is 2.68. The molecule has 39 heavy (non-hydrogen) atoms. The molecule has 2 heterocycles. The van der Waals surface area contributed by atoms with Gasteiger partial charge in [0.15, 0.2) is 11.5 Å². The number of aromatic hydroxyl groups is 1. The Morgan fingerprint density at radius 3 is 2.23 bits per heavy atom. The zero-order chi connectivity index (χ0) is 27.9. The van der Waals surface area contributed by atoms with Crippen molar-refractivity contribution < 1.29 is 29.3 Å². The first kappa shape index (κ1) is 26.4. The lowest BCUT2D eigenvalue weighted by atomic mass is 9.76. The Labute approximate surface area is 227 Å². The van der Waals surface area contributed by atoms with E-state index in [-0.39, 0.29) is 17.9 Å². The van der Waals surface area contributed by atoms with Gasteiger partial charge in [0.25, 0.3) is 0 Å². The maximum atomic E-state index is 14.3. The van der Waals surface area contributed by atoms with Gasteiger partial charge < -0.3 is 14.9 Å². The van der Waals surface area contributed by atoms with Crippen LogP contribution in [0.15, 0.2) is 66.7 Å². The zero-order valence-electron chi connectivity index (χ0n) is 22.2. The van der Waals surface area contributed by atoms with Crippen molar-refractivity contribution in [3.05, 3.63) is 89.0 Å². The van der Waals surface area contributed by atoms with Crippen LogP contribution >= 0.6 is 0 Å². The second-order valence-corrected chi connectivity index (χ2v) is 10.1. The molecule has 3 N–H and O–H groups in total. The first-order valence-corrected chi connectivity index (χ1v) is 13.2. The second kappa shape index (κ2) is 10.2. The number of hydrogen-bond acceptors (Lipinski definition) is 6. The number of anilines is 1. The van der Waals surface area contributed by atoms with Gasteiger partial charge in [0.2, 0.25) is 11.8 Å². The Balaban J connectivity index is 1.71. The van der Waals surface area contributed by atoms with Crippen LogP contribution in [-0.4, -0.2) is 40.6 Å². The van der Waals surface area contributed by atoms with Crippen molar-refractivity contribution in [3.63, 3.8) is 0 Å². The number of carboxylic acids is 1. The van der Waals surface area contributed by atoms with Gasteiger partial charge in [-0.25, -0.2) is 4.90 Å². The summed E-state index contributed by atoms with van der Waals surface area (Å²) in [5, 5.41) is 24.1. The molecule has 2 amide bonds. The molecule has 4 atom stereocenters. The molecule has 3 aromatic rings. The number of rotatable bonds is 8. The number of imide groups is 1. The number of carbonyl (C=O) groups is 3. The van der Waals surface area contributed by atoms with Crippen LogP contribution in [0, 0.1) is 11.8 Å². The lowest BCUT2D eigenvalue weighted by Crippen LogP contribution is -2.57. The normalized spacial score (nSPS) is 24.2. The van der Waals surface area contributed by atoms with Crippen LogP contribution in [0.3, 0.4) is 0 Å². The Bertz CT molecular complexity index is 1420. The topological polar surface area (TPSA) is 116 Å². The predicted octanol–water partition coefficient (Wildman–Crippen LogP) is 4.04. The molecule has 5 rings (SSSR count). The number of aliphatic carboxylic acids is 1. The number of ether oxygens (including phenoxy) is 1. The van der Waals surface area contributed by atoms with E-state index in [4.69, 9.17) is 4.74 Å². The molecule has 8 nitrogen and oxygen atoms in total. The highest BCUT2D eigenvalue weighted by atomic mass is 16.5. The Hall–Kier alpha value is -4.17. The molecule has 0 aliphatic carbocycles. The van der Waals surface area contributed by atoms with E-state index in [9.17, 15) is 24.6 Å². The molecule has 2 fully saturated rings. The fraction of sp³-hybridized carbons (Fsp3) is 0.323. The van der Waals surface area contributed by atoms with Crippen LogP contribution in [0.1, 0.15) is 42.1 Å². The minimum absolute atomic E-state index is 0.0129. The molecule has 4 unspecified atom stereocenters. The van der Waals surface area contributed by atoms with Crippen molar-refractivity contribution in [3.8, 4) is 11.5 Å². The fourth-order valence-electron chi connectivity index (χ4n) is 6.25. The molecule has 2 saturated heterocycles. The second-order valence-electron chi connectivity index (χ2n) is 10.1. The summed E-state index contributed by atoms with van der Waals surface area (Å²) in [7, 11) is 1.42. The van der Waals surface area contributed by atoms with Crippen molar-refractivity contribution in [1.82, 2.24) is 5.32 Å². The molecule has 0 aromatic heterocycles. The quantitative estimate of drug-likeness (QED) is 0.378. The van der Waals surface area contributed by atoms with E-state index in [1.165, 1.54) is 18.1 Å². The average molecular weight is 529 g/mol. The summed E-state index contributed by atoms with van der Waals surface area (Å²) in [6.07, 6.45) is 1.24. The number of phenols is 1. The monoisotopic (exact) mass is 528 g/mol. The minimum atomic E-state index is -1.74. The van der Waals surface area contributed by atoms with Crippen molar-refractivity contribution in [1.29, 1.82) is 0 Å². The molecule has 3 aromatic carbocycles. The largest absolute Gasteiger partial charge is 0.504 e. The molecule has 0 spiro atoms. The van der Waals surface area contributed by atoms with Crippen LogP contribution in [-0.2, 0) is 33.6 Å².